The number of hydrogen-bond donors (Lipinski definition) is 3. The molecular formula is C12H25N3O2. The van der Waals surface area contributed by atoms with Gasteiger partial charge in [0.25, 0.3) is 0 Å². The zero-order valence-corrected chi connectivity index (χ0v) is 11.0. The van der Waals surface area contributed by atoms with Gasteiger partial charge in [0.1, 0.15) is 0 Å². The van der Waals surface area contributed by atoms with Gasteiger partial charge in [-0.2, -0.15) is 0 Å². The number of hydrogen-bond acceptors (Lipinski definition) is 4. The fourth-order valence-electron chi connectivity index (χ4n) is 2.17. The summed E-state index contributed by atoms with van der Waals surface area (Å²) in [5.74, 6) is 0.0342. The van der Waals surface area contributed by atoms with Gasteiger partial charge < -0.3 is 15.7 Å². The van der Waals surface area contributed by atoms with E-state index in [9.17, 15) is 9.90 Å². The SMILES string of the molecule is CCCNC(=O)CN(C)CC1(O)CCNCC1. The van der Waals surface area contributed by atoms with Crippen molar-refractivity contribution in [3.63, 3.8) is 0 Å². The second kappa shape index (κ2) is 6.93. The predicted octanol–water partition coefficient (Wildman–Crippen LogP) is -0.441. The molecule has 0 unspecified atom stereocenters. The first-order valence-corrected chi connectivity index (χ1v) is 6.44. The molecule has 5 heteroatoms. The molecule has 100 valence electrons. The zero-order valence-electron chi connectivity index (χ0n) is 11.0. The first-order chi connectivity index (χ1) is 8.06. The fourth-order valence-corrected chi connectivity index (χ4v) is 2.17. The minimum atomic E-state index is -0.634. The molecule has 1 heterocycles. The molecular weight excluding hydrogens is 218 g/mol. The van der Waals surface area contributed by atoms with Crippen molar-refractivity contribution in [2.75, 3.05) is 39.8 Å². The number of piperidine rings is 1. The fraction of sp³-hybridized carbons (Fsp3) is 0.917. The molecule has 1 rings (SSSR count). The highest BCUT2D eigenvalue weighted by Crippen LogP contribution is 2.18. The van der Waals surface area contributed by atoms with E-state index in [-0.39, 0.29) is 5.91 Å². The molecule has 17 heavy (non-hydrogen) atoms. The maximum atomic E-state index is 11.5. The summed E-state index contributed by atoms with van der Waals surface area (Å²) in [7, 11) is 1.88. The third-order valence-electron chi connectivity index (χ3n) is 3.08. The highest BCUT2D eigenvalue weighted by atomic mass is 16.3. The van der Waals surface area contributed by atoms with Gasteiger partial charge in [0.05, 0.1) is 12.1 Å². The average Bonchev–Trinajstić information content (AvgIpc) is 2.26. The van der Waals surface area contributed by atoms with E-state index in [0.29, 0.717) is 13.1 Å². The first-order valence-electron chi connectivity index (χ1n) is 6.44. The van der Waals surface area contributed by atoms with Crippen molar-refractivity contribution in [2.24, 2.45) is 0 Å². The second-order valence-corrected chi connectivity index (χ2v) is 5.00. The normalized spacial score (nSPS) is 19.3. The van der Waals surface area contributed by atoms with E-state index in [4.69, 9.17) is 0 Å². The Bertz CT molecular complexity index is 240. The van der Waals surface area contributed by atoms with E-state index in [1.807, 2.05) is 18.9 Å². The van der Waals surface area contributed by atoms with E-state index in [0.717, 1.165) is 38.9 Å². The Balaban J connectivity index is 2.27. The van der Waals surface area contributed by atoms with Crippen LogP contribution in [0.2, 0.25) is 0 Å². The summed E-state index contributed by atoms with van der Waals surface area (Å²) in [6, 6.07) is 0. The third kappa shape index (κ3) is 5.48. The molecule has 0 aromatic carbocycles. The topological polar surface area (TPSA) is 64.6 Å². The molecule has 1 aliphatic heterocycles. The van der Waals surface area contributed by atoms with Gasteiger partial charge in [-0.1, -0.05) is 6.92 Å². The van der Waals surface area contributed by atoms with Crippen molar-refractivity contribution in [1.29, 1.82) is 0 Å². The molecule has 0 aliphatic carbocycles. The van der Waals surface area contributed by atoms with Crippen LogP contribution in [0.4, 0.5) is 0 Å². The summed E-state index contributed by atoms with van der Waals surface area (Å²) in [4.78, 5) is 13.4. The van der Waals surface area contributed by atoms with Crippen LogP contribution in [0.5, 0.6) is 0 Å². The Morgan fingerprint density at radius 1 is 1.47 bits per heavy atom. The van der Waals surface area contributed by atoms with Crippen LogP contribution in [0.15, 0.2) is 0 Å². The van der Waals surface area contributed by atoms with Crippen LogP contribution in [-0.4, -0.2) is 61.3 Å². The van der Waals surface area contributed by atoms with Crippen LogP contribution in [0.3, 0.4) is 0 Å². The second-order valence-electron chi connectivity index (χ2n) is 5.00. The van der Waals surface area contributed by atoms with Gasteiger partial charge in [-0.15, -0.1) is 0 Å². The van der Waals surface area contributed by atoms with Crippen molar-refractivity contribution < 1.29 is 9.90 Å². The summed E-state index contributed by atoms with van der Waals surface area (Å²) < 4.78 is 0. The monoisotopic (exact) mass is 243 g/mol. The van der Waals surface area contributed by atoms with Crippen LogP contribution in [-0.2, 0) is 4.79 Å². The van der Waals surface area contributed by atoms with Crippen LogP contribution in [0.1, 0.15) is 26.2 Å². The van der Waals surface area contributed by atoms with Crippen LogP contribution < -0.4 is 10.6 Å². The summed E-state index contributed by atoms with van der Waals surface area (Å²) in [5, 5.41) is 16.4. The van der Waals surface area contributed by atoms with E-state index in [1.54, 1.807) is 0 Å². The number of rotatable bonds is 6. The predicted molar refractivity (Wildman–Crippen MR) is 67.9 cm³/mol. The number of carbonyl (C=O) groups excluding carboxylic acids is 1. The van der Waals surface area contributed by atoms with Gasteiger partial charge in [-0.05, 0) is 39.4 Å². The molecule has 3 N–H and O–H groups in total. The Hall–Kier alpha value is -0.650. The molecule has 5 nitrogen and oxygen atoms in total. The van der Waals surface area contributed by atoms with Gasteiger partial charge in [0, 0.05) is 13.1 Å². The van der Waals surface area contributed by atoms with Crippen LogP contribution in [0.25, 0.3) is 0 Å². The molecule has 0 saturated carbocycles. The summed E-state index contributed by atoms with van der Waals surface area (Å²) in [6.07, 6.45) is 2.47. The Morgan fingerprint density at radius 2 is 2.12 bits per heavy atom. The van der Waals surface area contributed by atoms with Crippen LogP contribution >= 0.6 is 0 Å². The number of nitrogens with zero attached hydrogens (tertiary/aromatic N) is 1. The van der Waals surface area contributed by atoms with Gasteiger partial charge >= 0.3 is 0 Å². The average molecular weight is 243 g/mol. The molecule has 0 spiro atoms. The Labute approximate surface area is 104 Å². The standard InChI is InChI=1S/C12H25N3O2/c1-3-6-14-11(16)9-15(2)10-12(17)4-7-13-8-5-12/h13,17H,3-10H2,1-2H3,(H,14,16). The van der Waals surface area contributed by atoms with E-state index in [2.05, 4.69) is 10.6 Å². The lowest BCUT2D eigenvalue weighted by atomic mass is 9.92. The molecule has 0 radical (unpaired) electrons. The van der Waals surface area contributed by atoms with Crippen molar-refractivity contribution in [3.8, 4) is 0 Å². The van der Waals surface area contributed by atoms with Crippen molar-refractivity contribution in [3.05, 3.63) is 0 Å². The van der Waals surface area contributed by atoms with Crippen LogP contribution in [0, 0.1) is 0 Å². The molecule has 0 aromatic heterocycles. The molecule has 0 aromatic rings. The molecule has 1 amide bonds. The molecule has 1 fully saturated rings. The summed E-state index contributed by atoms with van der Waals surface area (Å²) in [6.45, 7) is 5.38. The van der Waals surface area contributed by atoms with Crippen molar-refractivity contribution >= 4 is 5.91 Å². The summed E-state index contributed by atoms with van der Waals surface area (Å²) >= 11 is 0. The smallest absolute Gasteiger partial charge is 0.234 e. The van der Waals surface area contributed by atoms with Gasteiger partial charge in [-0.3, -0.25) is 9.69 Å². The van der Waals surface area contributed by atoms with E-state index < -0.39 is 5.60 Å². The minimum Gasteiger partial charge on any atom is -0.388 e. The highest BCUT2D eigenvalue weighted by molar-refractivity contribution is 5.77. The largest absolute Gasteiger partial charge is 0.388 e. The highest BCUT2D eigenvalue weighted by Gasteiger charge is 2.30. The number of likely N-dealkylation sites (N-methyl/N-ethyl adjacent to an activating group) is 1. The van der Waals surface area contributed by atoms with Crippen molar-refractivity contribution in [1.82, 2.24) is 15.5 Å². The maximum absolute atomic E-state index is 11.5. The van der Waals surface area contributed by atoms with Gasteiger partial charge in [0.15, 0.2) is 0 Å². The number of amides is 1. The lowest BCUT2D eigenvalue weighted by Gasteiger charge is -2.35. The summed E-state index contributed by atoms with van der Waals surface area (Å²) in [5.41, 5.74) is -0.634. The number of carbonyl (C=O) groups is 1. The minimum absolute atomic E-state index is 0.0342. The van der Waals surface area contributed by atoms with E-state index in [1.165, 1.54) is 0 Å². The Morgan fingerprint density at radius 3 is 2.71 bits per heavy atom. The van der Waals surface area contributed by atoms with Gasteiger partial charge in [0.2, 0.25) is 5.91 Å². The van der Waals surface area contributed by atoms with E-state index >= 15 is 0 Å². The lowest BCUT2D eigenvalue weighted by Crippen LogP contribution is -2.50. The molecule has 0 atom stereocenters. The quantitative estimate of drug-likeness (QED) is 0.592. The lowest BCUT2D eigenvalue weighted by molar-refractivity contribution is -0.122. The van der Waals surface area contributed by atoms with Gasteiger partial charge in [-0.25, -0.2) is 0 Å². The zero-order chi connectivity index (χ0) is 12.7. The molecule has 0 bridgehead atoms. The third-order valence-corrected chi connectivity index (χ3v) is 3.08. The number of aliphatic hydroxyl groups is 1. The Kier molecular flexibility index (Phi) is 5.88. The molecule has 1 aliphatic rings. The number of nitrogens with one attached hydrogen (secondary N) is 2. The molecule has 1 saturated heterocycles. The maximum Gasteiger partial charge on any atom is 0.234 e. The van der Waals surface area contributed by atoms with Crippen molar-refractivity contribution in [2.45, 2.75) is 31.8 Å². The first kappa shape index (κ1) is 14.4.